The molecule has 0 rings (SSSR count). The van der Waals surface area contributed by atoms with E-state index in [4.69, 9.17) is 10.5 Å². The lowest BCUT2D eigenvalue weighted by molar-refractivity contribution is -0.123. The minimum atomic E-state index is -0.245. The molecule has 0 spiro atoms. The molecular formula is C10H22N2O2. The van der Waals surface area contributed by atoms with Crippen LogP contribution in [-0.2, 0) is 9.53 Å². The van der Waals surface area contributed by atoms with Crippen molar-refractivity contribution < 1.29 is 9.53 Å². The average molecular weight is 202 g/mol. The lowest BCUT2D eigenvalue weighted by Crippen LogP contribution is -2.45. The van der Waals surface area contributed by atoms with Gasteiger partial charge in [0.15, 0.2) is 0 Å². The maximum atomic E-state index is 11.1. The summed E-state index contributed by atoms with van der Waals surface area (Å²) in [6.07, 6.45) is 0.759. The van der Waals surface area contributed by atoms with Crippen LogP contribution in [0.15, 0.2) is 0 Å². The highest BCUT2D eigenvalue weighted by atomic mass is 16.5. The van der Waals surface area contributed by atoms with Gasteiger partial charge in [-0.3, -0.25) is 9.69 Å². The van der Waals surface area contributed by atoms with E-state index in [1.54, 1.807) is 0 Å². The number of hydrogen-bond acceptors (Lipinski definition) is 3. The van der Waals surface area contributed by atoms with Gasteiger partial charge in [0.2, 0.25) is 5.91 Å². The molecular weight excluding hydrogens is 180 g/mol. The van der Waals surface area contributed by atoms with Crippen molar-refractivity contribution in [3.63, 3.8) is 0 Å². The lowest BCUT2D eigenvalue weighted by atomic mass is 10.2. The van der Waals surface area contributed by atoms with Crippen LogP contribution >= 0.6 is 0 Å². The zero-order valence-corrected chi connectivity index (χ0v) is 9.45. The van der Waals surface area contributed by atoms with Crippen molar-refractivity contribution in [3.05, 3.63) is 0 Å². The highest BCUT2D eigenvalue weighted by Crippen LogP contribution is 2.02. The molecule has 0 aliphatic heterocycles. The van der Waals surface area contributed by atoms with E-state index in [0.29, 0.717) is 13.2 Å². The van der Waals surface area contributed by atoms with Crippen LogP contribution in [0.5, 0.6) is 0 Å². The number of carbonyl (C=O) groups is 1. The molecule has 0 aromatic heterocycles. The summed E-state index contributed by atoms with van der Waals surface area (Å²) >= 11 is 0. The molecule has 84 valence electrons. The third-order valence-corrected chi connectivity index (χ3v) is 2.29. The number of nitrogens with two attached hydrogens (primary N) is 1. The van der Waals surface area contributed by atoms with Crippen molar-refractivity contribution in [2.45, 2.75) is 33.2 Å². The number of likely N-dealkylation sites (N-methyl/N-ethyl adjacent to an activating group) is 1. The van der Waals surface area contributed by atoms with E-state index in [9.17, 15) is 4.79 Å². The zero-order valence-electron chi connectivity index (χ0n) is 9.45. The molecule has 2 N–H and O–H groups in total. The molecule has 0 bridgehead atoms. The Labute approximate surface area is 86.4 Å². The quantitative estimate of drug-likeness (QED) is 0.587. The van der Waals surface area contributed by atoms with Crippen LogP contribution in [0.4, 0.5) is 0 Å². The number of carbonyl (C=O) groups excluding carboxylic acids is 1. The molecule has 0 aliphatic rings. The fraction of sp³-hybridized carbons (Fsp3) is 0.900. The van der Waals surface area contributed by atoms with Crippen molar-refractivity contribution in [2.24, 2.45) is 5.73 Å². The van der Waals surface area contributed by atoms with Crippen LogP contribution in [-0.4, -0.2) is 43.2 Å². The van der Waals surface area contributed by atoms with Gasteiger partial charge in [-0.05, 0) is 19.9 Å². The third-order valence-electron chi connectivity index (χ3n) is 2.29. The highest BCUT2D eigenvalue weighted by molar-refractivity contribution is 5.79. The summed E-state index contributed by atoms with van der Waals surface area (Å²) in [6.45, 7) is 8.93. The Balaban J connectivity index is 4.01. The van der Waals surface area contributed by atoms with E-state index in [2.05, 4.69) is 4.90 Å². The normalized spacial score (nSPS) is 13.1. The summed E-state index contributed by atoms with van der Waals surface area (Å²) in [5.74, 6) is -0.245. The van der Waals surface area contributed by atoms with Gasteiger partial charge in [-0.15, -0.1) is 0 Å². The molecule has 1 amide bonds. The maximum Gasteiger partial charge on any atom is 0.234 e. The number of ether oxygens (including phenoxy) is 1. The van der Waals surface area contributed by atoms with E-state index in [1.165, 1.54) is 0 Å². The fourth-order valence-corrected chi connectivity index (χ4v) is 1.50. The van der Waals surface area contributed by atoms with Gasteiger partial charge in [-0.1, -0.05) is 13.8 Å². The summed E-state index contributed by atoms with van der Waals surface area (Å²) in [7, 11) is 0. The van der Waals surface area contributed by atoms with Crippen LogP contribution in [0, 0.1) is 0 Å². The number of rotatable bonds is 8. The Hall–Kier alpha value is -0.610. The topological polar surface area (TPSA) is 55.6 Å². The summed E-state index contributed by atoms with van der Waals surface area (Å²) in [6, 6.07) is -0.152. The Morgan fingerprint density at radius 1 is 1.43 bits per heavy atom. The highest BCUT2D eigenvalue weighted by Gasteiger charge is 2.19. The van der Waals surface area contributed by atoms with E-state index >= 15 is 0 Å². The van der Waals surface area contributed by atoms with Gasteiger partial charge in [-0.25, -0.2) is 0 Å². The maximum absolute atomic E-state index is 11.1. The standard InChI is InChI=1S/C10H22N2O2/c1-4-9(10(11)13)12(5-2)7-8-14-6-3/h9H,4-8H2,1-3H3,(H2,11,13). The number of hydrogen-bond donors (Lipinski definition) is 1. The minimum absolute atomic E-state index is 0.152. The average Bonchev–Trinajstić information content (AvgIpc) is 2.16. The molecule has 1 unspecified atom stereocenters. The van der Waals surface area contributed by atoms with Crippen LogP contribution in [0.1, 0.15) is 27.2 Å². The first-order valence-electron chi connectivity index (χ1n) is 5.28. The van der Waals surface area contributed by atoms with Gasteiger partial charge in [0.05, 0.1) is 12.6 Å². The number of primary amides is 1. The number of amides is 1. The molecule has 0 radical (unpaired) electrons. The van der Waals surface area contributed by atoms with E-state index in [0.717, 1.165) is 19.5 Å². The van der Waals surface area contributed by atoms with E-state index in [-0.39, 0.29) is 11.9 Å². The first kappa shape index (κ1) is 13.4. The summed E-state index contributed by atoms with van der Waals surface area (Å²) in [4.78, 5) is 13.2. The molecule has 1 atom stereocenters. The molecule has 0 saturated heterocycles. The first-order valence-corrected chi connectivity index (χ1v) is 5.28. The largest absolute Gasteiger partial charge is 0.380 e. The van der Waals surface area contributed by atoms with Gasteiger partial charge >= 0.3 is 0 Å². The molecule has 4 nitrogen and oxygen atoms in total. The molecule has 0 saturated carbocycles. The SMILES string of the molecule is CCOCCN(CC)C(CC)C(N)=O. The summed E-state index contributed by atoms with van der Waals surface area (Å²) < 4.78 is 5.25. The first-order chi connectivity index (χ1) is 6.67. The molecule has 0 aromatic rings. The number of nitrogens with zero attached hydrogens (tertiary/aromatic N) is 1. The third kappa shape index (κ3) is 4.58. The monoisotopic (exact) mass is 202 g/mol. The summed E-state index contributed by atoms with van der Waals surface area (Å²) in [5, 5.41) is 0. The smallest absolute Gasteiger partial charge is 0.234 e. The van der Waals surface area contributed by atoms with Gasteiger partial charge in [0.25, 0.3) is 0 Å². The molecule has 0 heterocycles. The van der Waals surface area contributed by atoms with Crippen molar-refractivity contribution in [2.75, 3.05) is 26.3 Å². The van der Waals surface area contributed by atoms with E-state index in [1.807, 2.05) is 20.8 Å². The molecule has 14 heavy (non-hydrogen) atoms. The Morgan fingerprint density at radius 3 is 2.43 bits per heavy atom. The van der Waals surface area contributed by atoms with Gasteiger partial charge in [-0.2, -0.15) is 0 Å². The Morgan fingerprint density at radius 2 is 2.07 bits per heavy atom. The van der Waals surface area contributed by atoms with Crippen LogP contribution < -0.4 is 5.73 Å². The molecule has 4 heteroatoms. The Bertz CT molecular complexity index is 162. The zero-order chi connectivity index (χ0) is 11.0. The van der Waals surface area contributed by atoms with E-state index < -0.39 is 0 Å². The lowest BCUT2D eigenvalue weighted by Gasteiger charge is -2.27. The van der Waals surface area contributed by atoms with Gasteiger partial charge in [0.1, 0.15) is 0 Å². The van der Waals surface area contributed by atoms with Gasteiger partial charge in [0, 0.05) is 13.2 Å². The van der Waals surface area contributed by atoms with Crippen molar-refractivity contribution in [1.29, 1.82) is 0 Å². The van der Waals surface area contributed by atoms with Gasteiger partial charge < -0.3 is 10.5 Å². The second-order valence-electron chi connectivity index (χ2n) is 3.15. The second-order valence-corrected chi connectivity index (χ2v) is 3.15. The Kier molecular flexibility index (Phi) is 7.42. The predicted octanol–water partition coefficient (Wildman–Crippen LogP) is 0.609. The van der Waals surface area contributed by atoms with Crippen molar-refractivity contribution in [3.8, 4) is 0 Å². The second kappa shape index (κ2) is 7.76. The molecule has 0 fully saturated rings. The fourth-order valence-electron chi connectivity index (χ4n) is 1.50. The summed E-state index contributed by atoms with van der Waals surface area (Å²) in [5.41, 5.74) is 5.31. The predicted molar refractivity (Wildman–Crippen MR) is 57.0 cm³/mol. The van der Waals surface area contributed by atoms with Crippen LogP contribution in [0.2, 0.25) is 0 Å². The van der Waals surface area contributed by atoms with Crippen LogP contribution in [0.25, 0.3) is 0 Å². The molecule has 0 aliphatic carbocycles. The van der Waals surface area contributed by atoms with Crippen LogP contribution in [0.3, 0.4) is 0 Å². The molecule has 0 aromatic carbocycles. The van der Waals surface area contributed by atoms with Crippen molar-refractivity contribution in [1.82, 2.24) is 4.90 Å². The minimum Gasteiger partial charge on any atom is -0.380 e. The van der Waals surface area contributed by atoms with Crippen molar-refractivity contribution >= 4 is 5.91 Å².